The minimum atomic E-state index is -0.418. The van der Waals surface area contributed by atoms with Crippen molar-refractivity contribution < 1.29 is 4.79 Å². The lowest BCUT2D eigenvalue weighted by molar-refractivity contribution is -0.122. The predicted octanol–water partition coefficient (Wildman–Crippen LogP) is 1.79. The average Bonchev–Trinajstić information content (AvgIpc) is 2.35. The van der Waals surface area contributed by atoms with Gasteiger partial charge in [-0.3, -0.25) is 4.79 Å². The van der Waals surface area contributed by atoms with Gasteiger partial charge in [-0.1, -0.05) is 43.4 Å². The molecule has 0 bridgehead atoms. The van der Waals surface area contributed by atoms with Gasteiger partial charge < -0.3 is 11.1 Å². The van der Waals surface area contributed by atoms with Gasteiger partial charge in [0.05, 0.1) is 10.9 Å². The van der Waals surface area contributed by atoms with Crippen LogP contribution >= 0.6 is 12.2 Å². The Balaban J connectivity index is 2.61. The molecule has 17 heavy (non-hydrogen) atoms. The molecule has 92 valence electrons. The number of carbonyl (C=O) groups excluding carboxylic acids is 1. The molecule has 1 amide bonds. The van der Waals surface area contributed by atoms with E-state index in [-0.39, 0.29) is 10.9 Å². The zero-order chi connectivity index (χ0) is 12.8. The molecule has 3 nitrogen and oxygen atoms in total. The predicted molar refractivity (Wildman–Crippen MR) is 73.6 cm³/mol. The lowest BCUT2D eigenvalue weighted by atomic mass is 10.1. The number of aryl methyl sites for hydroxylation is 1. The molecule has 0 radical (unpaired) electrons. The largest absolute Gasteiger partial charge is 0.393 e. The van der Waals surface area contributed by atoms with Crippen LogP contribution < -0.4 is 11.1 Å². The third-order valence-electron chi connectivity index (χ3n) is 2.77. The summed E-state index contributed by atoms with van der Waals surface area (Å²) in [5.41, 5.74) is 7.82. The van der Waals surface area contributed by atoms with E-state index in [4.69, 9.17) is 18.0 Å². The lowest BCUT2D eigenvalue weighted by Crippen LogP contribution is -2.35. The Labute approximate surface area is 107 Å². The standard InChI is InChI=1S/C13H18N2OS/c1-3-10-6-4-5-7-11(10)8-15-13(16)9(2)12(14)17/h4-7,9H,3,8H2,1-2H3,(H2,14,17)(H,15,16). The number of carbonyl (C=O) groups is 1. The van der Waals surface area contributed by atoms with Crippen LogP contribution in [0.25, 0.3) is 0 Å². The third kappa shape index (κ3) is 3.82. The zero-order valence-corrected chi connectivity index (χ0v) is 11.0. The maximum absolute atomic E-state index is 11.7. The normalized spacial score (nSPS) is 11.9. The number of hydrogen-bond acceptors (Lipinski definition) is 2. The minimum Gasteiger partial charge on any atom is -0.393 e. The maximum atomic E-state index is 11.7. The van der Waals surface area contributed by atoms with Crippen molar-refractivity contribution in [3.8, 4) is 0 Å². The molecule has 0 aromatic heterocycles. The van der Waals surface area contributed by atoms with Gasteiger partial charge in [0, 0.05) is 6.54 Å². The van der Waals surface area contributed by atoms with Gasteiger partial charge in [-0.05, 0) is 24.5 Å². The second kappa shape index (κ2) is 6.35. The van der Waals surface area contributed by atoms with E-state index in [0.29, 0.717) is 6.54 Å². The molecule has 1 aromatic rings. The highest BCUT2D eigenvalue weighted by Gasteiger charge is 2.15. The first kappa shape index (κ1) is 13.6. The molecule has 1 rings (SSSR count). The molecule has 1 unspecified atom stereocenters. The molecule has 0 fully saturated rings. The second-order valence-corrected chi connectivity index (χ2v) is 4.44. The highest BCUT2D eigenvalue weighted by molar-refractivity contribution is 7.80. The summed E-state index contributed by atoms with van der Waals surface area (Å²) in [4.78, 5) is 11.9. The van der Waals surface area contributed by atoms with Gasteiger partial charge in [0.25, 0.3) is 0 Å². The van der Waals surface area contributed by atoms with Crippen LogP contribution in [0.15, 0.2) is 24.3 Å². The molecule has 0 aliphatic rings. The van der Waals surface area contributed by atoms with Crippen molar-refractivity contribution in [2.45, 2.75) is 26.8 Å². The van der Waals surface area contributed by atoms with E-state index in [0.717, 1.165) is 12.0 Å². The van der Waals surface area contributed by atoms with Crippen molar-refractivity contribution in [2.24, 2.45) is 11.7 Å². The van der Waals surface area contributed by atoms with E-state index in [1.165, 1.54) is 5.56 Å². The van der Waals surface area contributed by atoms with Gasteiger partial charge >= 0.3 is 0 Å². The van der Waals surface area contributed by atoms with Crippen LogP contribution in [0.5, 0.6) is 0 Å². The summed E-state index contributed by atoms with van der Waals surface area (Å²) in [5.74, 6) is -0.540. The summed E-state index contributed by atoms with van der Waals surface area (Å²) in [7, 11) is 0. The summed E-state index contributed by atoms with van der Waals surface area (Å²) >= 11 is 4.79. The highest BCUT2D eigenvalue weighted by atomic mass is 32.1. The van der Waals surface area contributed by atoms with E-state index < -0.39 is 5.92 Å². The Morgan fingerprint density at radius 1 is 1.41 bits per heavy atom. The summed E-state index contributed by atoms with van der Waals surface area (Å²) < 4.78 is 0. The van der Waals surface area contributed by atoms with Gasteiger partial charge in [0.1, 0.15) is 0 Å². The second-order valence-electron chi connectivity index (χ2n) is 3.96. The third-order valence-corrected chi connectivity index (χ3v) is 3.13. The van der Waals surface area contributed by atoms with Crippen molar-refractivity contribution >= 4 is 23.1 Å². The topological polar surface area (TPSA) is 55.1 Å². The number of thiocarbonyl (C=S) groups is 1. The van der Waals surface area contributed by atoms with Crippen LogP contribution in [0, 0.1) is 5.92 Å². The molecule has 1 atom stereocenters. The fourth-order valence-corrected chi connectivity index (χ4v) is 1.65. The molecule has 1 aromatic carbocycles. The average molecular weight is 250 g/mol. The summed E-state index contributed by atoms with van der Waals surface area (Å²) in [5, 5.41) is 2.85. The van der Waals surface area contributed by atoms with Gasteiger partial charge in [-0.15, -0.1) is 0 Å². The molecule has 0 aliphatic heterocycles. The smallest absolute Gasteiger partial charge is 0.229 e. The summed E-state index contributed by atoms with van der Waals surface area (Å²) in [6, 6.07) is 8.06. The Morgan fingerprint density at radius 3 is 2.53 bits per heavy atom. The van der Waals surface area contributed by atoms with Crippen molar-refractivity contribution in [1.82, 2.24) is 5.32 Å². The van der Waals surface area contributed by atoms with Gasteiger partial charge in [0.2, 0.25) is 5.91 Å². The van der Waals surface area contributed by atoms with Gasteiger partial charge in [0.15, 0.2) is 0 Å². The van der Waals surface area contributed by atoms with Crippen LogP contribution in [0.3, 0.4) is 0 Å². The molecule has 0 aliphatic carbocycles. The number of hydrogen-bond donors (Lipinski definition) is 2. The molecule has 3 N–H and O–H groups in total. The monoisotopic (exact) mass is 250 g/mol. The van der Waals surface area contributed by atoms with E-state index in [1.807, 2.05) is 18.2 Å². The number of amides is 1. The van der Waals surface area contributed by atoms with Crippen LogP contribution in [-0.4, -0.2) is 10.9 Å². The first-order valence-corrected chi connectivity index (χ1v) is 6.10. The SMILES string of the molecule is CCc1ccccc1CNC(=O)C(C)C(N)=S. The quantitative estimate of drug-likeness (QED) is 0.783. The van der Waals surface area contributed by atoms with Crippen molar-refractivity contribution in [3.05, 3.63) is 35.4 Å². The molecule has 0 saturated heterocycles. The molecule has 0 spiro atoms. The van der Waals surface area contributed by atoms with Crippen LogP contribution in [-0.2, 0) is 17.8 Å². The van der Waals surface area contributed by atoms with Crippen molar-refractivity contribution in [2.75, 3.05) is 0 Å². The van der Waals surface area contributed by atoms with E-state index in [2.05, 4.69) is 18.3 Å². The van der Waals surface area contributed by atoms with E-state index in [9.17, 15) is 4.79 Å². The van der Waals surface area contributed by atoms with E-state index in [1.54, 1.807) is 6.92 Å². The Kier molecular flexibility index (Phi) is 5.10. The Hall–Kier alpha value is -1.42. The lowest BCUT2D eigenvalue weighted by Gasteiger charge is -2.12. The first-order chi connectivity index (χ1) is 8.06. The first-order valence-electron chi connectivity index (χ1n) is 5.70. The number of rotatable bonds is 5. The van der Waals surface area contributed by atoms with Gasteiger partial charge in [-0.2, -0.15) is 0 Å². The molecule has 0 heterocycles. The summed E-state index contributed by atoms with van der Waals surface area (Å²) in [6.45, 7) is 4.33. The minimum absolute atomic E-state index is 0.122. The Morgan fingerprint density at radius 2 is 2.00 bits per heavy atom. The molecular formula is C13H18N2OS. The van der Waals surface area contributed by atoms with Gasteiger partial charge in [-0.25, -0.2) is 0 Å². The van der Waals surface area contributed by atoms with Crippen molar-refractivity contribution in [1.29, 1.82) is 0 Å². The zero-order valence-electron chi connectivity index (χ0n) is 10.2. The molecular weight excluding hydrogens is 232 g/mol. The molecule has 4 heteroatoms. The summed E-state index contributed by atoms with van der Waals surface area (Å²) in [6.07, 6.45) is 0.955. The molecule has 0 saturated carbocycles. The Bertz CT molecular complexity index is 418. The highest BCUT2D eigenvalue weighted by Crippen LogP contribution is 2.09. The van der Waals surface area contributed by atoms with Crippen LogP contribution in [0.4, 0.5) is 0 Å². The number of benzene rings is 1. The van der Waals surface area contributed by atoms with Crippen molar-refractivity contribution in [3.63, 3.8) is 0 Å². The number of nitrogens with two attached hydrogens (primary N) is 1. The van der Waals surface area contributed by atoms with Crippen LogP contribution in [0.1, 0.15) is 25.0 Å². The maximum Gasteiger partial charge on any atom is 0.229 e. The van der Waals surface area contributed by atoms with E-state index >= 15 is 0 Å². The fraction of sp³-hybridized carbons (Fsp3) is 0.385. The van der Waals surface area contributed by atoms with Crippen LogP contribution in [0.2, 0.25) is 0 Å². The number of nitrogens with one attached hydrogen (secondary N) is 1. The fourth-order valence-electron chi connectivity index (χ4n) is 1.54.